The third kappa shape index (κ3) is 0.906. The van der Waals surface area contributed by atoms with Crippen molar-refractivity contribution in [2.75, 3.05) is 0 Å². The molecule has 0 saturated heterocycles. The average Bonchev–Trinajstić information content (AvgIpc) is 2.07. The van der Waals surface area contributed by atoms with Crippen molar-refractivity contribution >= 4 is 11.0 Å². The van der Waals surface area contributed by atoms with Crippen LogP contribution in [-0.4, -0.2) is 4.98 Å². The van der Waals surface area contributed by atoms with Gasteiger partial charge >= 0.3 is 0 Å². The van der Waals surface area contributed by atoms with Crippen LogP contribution in [0.4, 0.5) is 0 Å². The predicted octanol–water partition coefficient (Wildman–Crippen LogP) is 1.39. The predicted molar refractivity (Wildman–Crippen MR) is 46.4 cm³/mol. The Hall–Kier alpha value is -1.64. The molecule has 1 heterocycles. The Morgan fingerprint density at radius 3 is 3.00 bits per heavy atom. The number of hydrogen-bond acceptors (Lipinski definition) is 1. The molecule has 0 radical (unpaired) electrons. The van der Waals surface area contributed by atoms with Crippen molar-refractivity contribution in [1.82, 2.24) is 4.98 Å². The fraction of sp³-hybridized carbons (Fsp3) is 0.111. The smallest absolute Gasteiger partial charge is 0.286 e. The van der Waals surface area contributed by atoms with Gasteiger partial charge in [-0.05, 0) is 12.5 Å². The number of aromatic amines is 1. The van der Waals surface area contributed by atoms with E-state index >= 15 is 0 Å². The second-order valence-electron chi connectivity index (χ2n) is 2.75. The highest BCUT2D eigenvalue weighted by atomic mass is 16.3. The highest BCUT2D eigenvalue weighted by Gasteiger charge is 2.05. The average molecular weight is 161 g/mol. The molecule has 2 aromatic rings. The molecule has 3 nitrogen and oxygen atoms in total. The summed E-state index contributed by atoms with van der Waals surface area (Å²) in [5.41, 5.74) is 2.66. The van der Waals surface area contributed by atoms with Crippen molar-refractivity contribution in [2.45, 2.75) is 6.92 Å². The van der Waals surface area contributed by atoms with E-state index in [2.05, 4.69) is 4.98 Å². The first-order valence-corrected chi connectivity index (χ1v) is 3.78. The molecule has 12 heavy (non-hydrogen) atoms. The number of aryl methyl sites for hydroxylation is 1. The molecular formula is C9H9N2O+. The summed E-state index contributed by atoms with van der Waals surface area (Å²) in [4.78, 5) is 14.3. The molecule has 0 aliphatic carbocycles. The van der Waals surface area contributed by atoms with Gasteiger partial charge < -0.3 is 4.98 Å². The Bertz CT molecular complexity index is 473. The van der Waals surface area contributed by atoms with Gasteiger partial charge in [0, 0.05) is 11.0 Å². The lowest BCUT2D eigenvalue weighted by molar-refractivity contribution is -0.464. The van der Waals surface area contributed by atoms with E-state index in [-0.39, 0.29) is 0 Å². The van der Waals surface area contributed by atoms with E-state index in [9.17, 15) is 4.91 Å². The normalized spacial score (nSPS) is 10.4. The van der Waals surface area contributed by atoms with E-state index in [1.54, 1.807) is 12.3 Å². The van der Waals surface area contributed by atoms with E-state index in [4.69, 9.17) is 0 Å². The van der Waals surface area contributed by atoms with Crippen LogP contribution in [0.1, 0.15) is 5.56 Å². The van der Waals surface area contributed by atoms with Crippen molar-refractivity contribution in [3.63, 3.8) is 0 Å². The number of H-pyrrole nitrogens is 1. The van der Waals surface area contributed by atoms with Crippen LogP contribution in [0.15, 0.2) is 30.6 Å². The molecular weight excluding hydrogens is 152 g/mol. The van der Waals surface area contributed by atoms with Gasteiger partial charge in [0.05, 0.1) is 10.6 Å². The monoisotopic (exact) mass is 161 g/mol. The molecule has 0 saturated carbocycles. The van der Waals surface area contributed by atoms with Crippen LogP contribution in [0.5, 0.6) is 0 Å². The largest absolute Gasteiger partial charge is 0.351 e. The Morgan fingerprint density at radius 2 is 2.25 bits per heavy atom. The van der Waals surface area contributed by atoms with Gasteiger partial charge in [-0.1, -0.05) is 12.1 Å². The van der Waals surface area contributed by atoms with Gasteiger partial charge in [0.1, 0.15) is 5.52 Å². The van der Waals surface area contributed by atoms with Crippen LogP contribution in [0.3, 0.4) is 0 Å². The standard InChI is InChI=1S/C9H9N2O/c1-7-3-2-4-8-9(7)10-5-6-11(8)12/h2-6H,1H3,(H,10,12)/q+1. The first-order valence-electron chi connectivity index (χ1n) is 3.78. The third-order valence-corrected chi connectivity index (χ3v) is 1.93. The number of fused-ring (bicyclic) bond motifs is 1. The first-order chi connectivity index (χ1) is 5.79. The van der Waals surface area contributed by atoms with Crippen LogP contribution in [0.25, 0.3) is 11.0 Å². The Morgan fingerprint density at radius 1 is 1.42 bits per heavy atom. The van der Waals surface area contributed by atoms with Crippen LogP contribution < -0.4 is 4.43 Å². The maximum Gasteiger partial charge on any atom is 0.286 e. The number of aromatic nitrogens is 2. The summed E-state index contributed by atoms with van der Waals surface area (Å²) in [5.74, 6) is 0. The second kappa shape index (κ2) is 2.44. The Labute approximate surface area is 69.3 Å². The summed E-state index contributed by atoms with van der Waals surface area (Å²) in [6, 6.07) is 5.64. The maximum atomic E-state index is 11.2. The summed E-state index contributed by atoms with van der Waals surface area (Å²) >= 11 is 0. The molecule has 0 unspecified atom stereocenters. The van der Waals surface area contributed by atoms with Gasteiger partial charge in [-0.2, -0.15) is 0 Å². The Balaban J connectivity index is 3.05. The van der Waals surface area contributed by atoms with Crippen molar-refractivity contribution in [1.29, 1.82) is 0 Å². The minimum atomic E-state index is 0.678. The zero-order valence-corrected chi connectivity index (χ0v) is 6.74. The number of rotatable bonds is 0. The Kier molecular flexibility index (Phi) is 1.43. The molecule has 2 rings (SSSR count). The number of benzene rings is 1. The van der Waals surface area contributed by atoms with Gasteiger partial charge in [-0.15, -0.1) is 0 Å². The molecule has 0 bridgehead atoms. The zero-order chi connectivity index (χ0) is 8.55. The summed E-state index contributed by atoms with van der Waals surface area (Å²) < 4.78 is 0.860. The molecule has 1 aromatic heterocycles. The van der Waals surface area contributed by atoms with Gasteiger partial charge in [-0.3, -0.25) is 0 Å². The number of para-hydroxylation sites is 1. The highest BCUT2D eigenvalue weighted by Crippen LogP contribution is 2.09. The highest BCUT2D eigenvalue weighted by molar-refractivity contribution is 5.74. The van der Waals surface area contributed by atoms with Gasteiger partial charge in [0.15, 0.2) is 0 Å². The van der Waals surface area contributed by atoms with Crippen LogP contribution in [0, 0.1) is 11.8 Å². The molecule has 0 aliphatic rings. The molecule has 0 fully saturated rings. The van der Waals surface area contributed by atoms with Gasteiger partial charge in [0.25, 0.3) is 5.52 Å². The van der Waals surface area contributed by atoms with Gasteiger partial charge in [-0.25, -0.2) is 0 Å². The molecule has 60 valence electrons. The van der Waals surface area contributed by atoms with Crippen LogP contribution >= 0.6 is 0 Å². The molecule has 0 amide bonds. The topological polar surface area (TPSA) is 38.8 Å². The fourth-order valence-corrected chi connectivity index (χ4v) is 1.29. The SMILES string of the molecule is Cc1cccc2c1[nH]cc[n+]2=O. The molecule has 0 atom stereocenters. The number of hydrogen-bond donors (Lipinski definition) is 1. The number of nitrogens with zero attached hydrogens (tertiary/aromatic N) is 1. The van der Waals surface area contributed by atoms with E-state index in [1.807, 2.05) is 19.1 Å². The minimum Gasteiger partial charge on any atom is -0.351 e. The molecule has 3 heteroatoms. The molecule has 1 aromatic carbocycles. The van der Waals surface area contributed by atoms with E-state index in [0.717, 1.165) is 15.5 Å². The lowest BCUT2D eigenvalue weighted by Gasteiger charge is -1.93. The van der Waals surface area contributed by atoms with Crippen molar-refractivity contribution < 1.29 is 4.43 Å². The van der Waals surface area contributed by atoms with E-state index < -0.39 is 0 Å². The van der Waals surface area contributed by atoms with Gasteiger partial charge in [0.2, 0.25) is 6.20 Å². The summed E-state index contributed by atoms with van der Waals surface area (Å²) in [5, 5.41) is 0. The minimum absolute atomic E-state index is 0.678. The van der Waals surface area contributed by atoms with Crippen molar-refractivity contribution in [3.05, 3.63) is 41.1 Å². The zero-order valence-electron chi connectivity index (χ0n) is 6.74. The fourth-order valence-electron chi connectivity index (χ4n) is 1.29. The number of nitrogens with one attached hydrogen (secondary N) is 1. The lowest BCUT2D eigenvalue weighted by Crippen LogP contribution is -2.14. The van der Waals surface area contributed by atoms with Crippen LogP contribution in [-0.2, 0) is 0 Å². The van der Waals surface area contributed by atoms with Crippen LogP contribution in [0.2, 0.25) is 0 Å². The first kappa shape index (κ1) is 7.03. The van der Waals surface area contributed by atoms with Crippen molar-refractivity contribution in [2.24, 2.45) is 0 Å². The van der Waals surface area contributed by atoms with E-state index in [0.29, 0.717) is 5.52 Å². The second-order valence-corrected chi connectivity index (χ2v) is 2.75. The summed E-state index contributed by atoms with van der Waals surface area (Å²) in [7, 11) is 0. The third-order valence-electron chi connectivity index (χ3n) is 1.93. The summed E-state index contributed by atoms with van der Waals surface area (Å²) in [6.45, 7) is 1.97. The van der Waals surface area contributed by atoms with Crippen molar-refractivity contribution in [3.8, 4) is 0 Å². The van der Waals surface area contributed by atoms with E-state index in [1.165, 1.54) is 6.20 Å². The quantitative estimate of drug-likeness (QED) is 0.582. The molecule has 0 aliphatic heterocycles. The maximum absolute atomic E-state index is 11.2. The molecule has 1 N–H and O–H groups in total. The summed E-state index contributed by atoms with van der Waals surface area (Å²) in [6.07, 6.45) is 3.10. The lowest BCUT2D eigenvalue weighted by atomic mass is 10.2. The molecule has 0 spiro atoms.